The Morgan fingerprint density at radius 2 is 1.97 bits per heavy atom. The molecule has 166 valence electrons. The first kappa shape index (κ1) is 22.4. The molecule has 0 radical (unpaired) electrons. The summed E-state index contributed by atoms with van der Waals surface area (Å²) in [5.41, 5.74) is 7.87. The summed E-state index contributed by atoms with van der Waals surface area (Å²) in [6, 6.07) is 20.3. The summed E-state index contributed by atoms with van der Waals surface area (Å²) in [7, 11) is 0. The molecule has 33 heavy (non-hydrogen) atoms. The third-order valence-corrected chi connectivity index (χ3v) is 5.56. The topological polar surface area (TPSA) is 94.6 Å². The van der Waals surface area contributed by atoms with Crippen LogP contribution in [0, 0.1) is 17.1 Å². The van der Waals surface area contributed by atoms with Crippen molar-refractivity contribution in [3.05, 3.63) is 99.6 Å². The van der Waals surface area contributed by atoms with Crippen molar-refractivity contribution in [2.75, 3.05) is 0 Å². The number of halogens is 2. The second-order valence-electron chi connectivity index (χ2n) is 7.29. The summed E-state index contributed by atoms with van der Waals surface area (Å²) in [6.07, 6.45) is -1.05. The number of para-hydroxylation sites is 1. The molecule has 6 nitrogen and oxygen atoms in total. The number of rotatable bonds is 5. The average Bonchev–Trinajstić information content (AvgIpc) is 2.79. The number of esters is 1. The molecular weight excluding hydrogens is 491 g/mol. The number of ether oxygens (including phenoxy) is 3. The standard InChI is InChI=1S/C25H18BrFN2O4/c1-14(31-21-8-3-2-7-20(21)27)25(30)32-17-9-10-18-22(12-17)33-24(29)19(13-28)23(18)15-5-4-6-16(26)11-15/h2-12,14,23H,29H2,1H3. The van der Waals surface area contributed by atoms with Crippen molar-refractivity contribution in [3.8, 4) is 23.3 Å². The smallest absolute Gasteiger partial charge is 0.352 e. The van der Waals surface area contributed by atoms with Crippen LogP contribution in [0.5, 0.6) is 17.2 Å². The van der Waals surface area contributed by atoms with Crippen LogP contribution in [0.4, 0.5) is 4.39 Å². The van der Waals surface area contributed by atoms with Crippen molar-refractivity contribution in [2.24, 2.45) is 5.73 Å². The molecule has 1 heterocycles. The Bertz CT molecular complexity index is 1300. The summed E-state index contributed by atoms with van der Waals surface area (Å²) in [4.78, 5) is 12.5. The average molecular weight is 509 g/mol. The number of carbonyl (C=O) groups excluding carboxylic acids is 1. The van der Waals surface area contributed by atoms with Crippen LogP contribution >= 0.6 is 15.9 Å². The lowest BCUT2D eigenvalue weighted by molar-refractivity contribution is -0.141. The molecule has 0 saturated carbocycles. The first-order valence-electron chi connectivity index (χ1n) is 9.97. The number of benzene rings is 3. The van der Waals surface area contributed by atoms with Gasteiger partial charge < -0.3 is 19.9 Å². The predicted molar refractivity (Wildman–Crippen MR) is 122 cm³/mol. The molecule has 0 bridgehead atoms. The molecule has 3 aromatic carbocycles. The van der Waals surface area contributed by atoms with Crippen LogP contribution in [0.1, 0.15) is 24.0 Å². The molecule has 0 saturated heterocycles. The summed E-state index contributed by atoms with van der Waals surface area (Å²) in [5.74, 6) is -1.23. The third-order valence-electron chi connectivity index (χ3n) is 5.06. The van der Waals surface area contributed by atoms with Crippen molar-refractivity contribution in [3.63, 3.8) is 0 Å². The van der Waals surface area contributed by atoms with Crippen molar-refractivity contribution in [1.29, 1.82) is 5.26 Å². The number of allylic oxidation sites excluding steroid dienone is 1. The molecule has 0 amide bonds. The number of fused-ring (bicyclic) bond motifs is 1. The maximum absolute atomic E-state index is 13.8. The van der Waals surface area contributed by atoms with Gasteiger partial charge in [0.05, 0.1) is 5.92 Å². The van der Waals surface area contributed by atoms with E-state index >= 15 is 0 Å². The van der Waals surface area contributed by atoms with Gasteiger partial charge in [-0.15, -0.1) is 0 Å². The maximum atomic E-state index is 13.8. The molecule has 2 atom stereocenters. The highest BCUT2D eigenvalue weighted by Gasteiger charge is 2.31. The van der Waals surface area contributed by atoms with Crippen molar-refractivity contribution >= 4 is 21.9 Å². The molecule has 0 spiro atoms. The summed E-state index contributed by atoms with van der Waals surface area (Å²) < 4.78 is 31.1. The molecule has 2 N–H and O–H groups in total. The largest absolute Gasteiger partial charge is 0.476 e. The lowest BCUT2D eigenvalue weighted by atomic mass is 9.83. The Hall–Kier alpha value is -3.83. The van der Waals surface area contributed by atoms with Gasteiger partial charge in [-0.2, -0.15) is 5.26 Å². The minimum atomic E-state index is -1.05. The number of nitriles is 1. The molecule has 8 heteroatoms. The van der Waals surface area contributed by atoms with Crippen LogP contribution < -0.4 is 19.9 Å². The van der Waals surface area contributed by atoms with Crippen LogP contribution in [0.25, 0.3) is 0 Å². The van der Waals surface area contributed by atoms with Gasteiger partial charge in [0.15, 0.2) is 17.7 Å². The van der Waals surface area contributed by atoms with Gasteiger partial charge in [-0.3, -0.25) is 0 Å². The van der Waals surface area contributed by atoms with E-state index in [0.29, 0.717) is 11.3 Å². The molecule has 1 aliphatic rings. The lowest BCUT2D eigenvalue weighted by Crippen LogP contribution is -2.29. The molecule has 2 unspecified atom stereocenters. The van der Waals surface area contributed by atoms with E-state index in [9.17, 15) is 14.4 Å². The van der Waals surface area contributed by atoms with E-state index in [4.69, 9.17) is 19.9 Å². The fraction of sp³-hybridized carbons (Fsp3) is 0.120. The highest BCUT2D eigenvalue weighted by molar-refractivity contribution is 9.10. The van der Waals surface area contributed by atoms with Gasteiger partial charge in [-0.1, -0.05) is 46.3 Å². The maximum Gasteiger partial charge on any atom is 0.352 e. The van der Waals surface area contributed by atoms with Crippen LogP contribution in [0.2, 0.25) is 0 Å². The van der Waals surface area contributed by atoms with Crippen molar-refractivity contribution in [1.82, 2.24) is 0 Å². The summed E-state index contributed by atoms with van der Waals surface area (Å²) in [5, 5.41) is 9.67. The lowest BCUT2D eigenvalue weighted by Gasteiger charge is -2.27. The van der Waals surface area contributed by atoms with E-state index < -0.39 is 23.8 Å². The Morgan fingerprint density at radius 3 is 2.70 bits per heavy atom. The van der Waals surface area contributed by atoms with E-state index in [-0.39, 0.29) is 23.0 Å². The van der Waals surface area contributed by atoms with Gasteiger partial charge in [-0.05, 0) is 42.8 Å². The van der Waals surface area contributed by atoms with Crippen molar-refractivity contribution < 1.29 is 23.4 Å². The first-order valence-corrected chi connectivity index (χ1v) is 10.8. The van der Waals surface area contributed by atoms with Gasteiger partial charge in [0.2, 0.25) is 5.88 Å². The summed E-state index contributed by atoms with van der Waals surface area (Å²) >= 11 is 3.45. The number of nitrogens with two attached hydrogens (primary N) is 1. The fourth-order valence-corrected chi connectivity index (χ4v) is 3.92. The minimum Gasteiger partial charge on any atom is -0.476 e. The van der Waals surface area contributed by atoms with Crippen LogP contribution in [-0.2, 0) is 4.79 Å². The highest BCUT2D eigenvalue weighted by Crippen LogP contribution is 2.43. The zero-order chi connectivity index (χ0) is 23.5. The second kappa shape index (κ2) is 9.35. The van der Waals surface area contributed by atoms with E-state index in [0.717, 1.165) is 10.0 Å². The Labute approximate surface area is 198 Å². The molecule has 1 aliphatic heterocycles. The predicted octanol–water partition coefficient (Wildman–Crippen LogP) is 5.18. The monoisotopic (exact) mass is 508 g/mol. The number of nitrogens with zero attached hydrogens (tertiary/aromatic N) is 1. The quantitative estimate of drug-likeness (QED) is 0.376. The molecule has 3 aromatic rings. The molecule has 0 aliphatic carbocycles. The molecular formula is C25H18BrFN2O4. The zero-order valence-corrected chi connectivity index (χ0v) is 19.0. The Kier molecular flexibility index (Phi) is 6.33. The minimum absolute atomic E-state index is 0.0188. The number of hydrogen-bond acceptors (Lipinski definition) is 6. The fourth-order valence-electron chi connectivity index (χ4n) is 3.51. The first-order chi connectivity index (χ1) is 15.9. The van der Waals surface area contributed by atoms with E-state index in [1.165, 1.54) is 31.2 Å². The molecule has 0 fully saturated rings. The van der Waals surface area contributed by atoms with E-state index in [1.54, 1.807) is 18.2 Å². The van der Waals surface area contributed by atoms with Gasteiger partial charge in [0, 0.05) is 16.1 Å². The summed E-state index contributed by atoms with van der Waals surface area (Å²) in [6.45, 7) is 1.47. The molecule has 0 aromatic heterocycles. The normalized spacial score (nSPS) is 15.6. The highest BCUT2D eigenvalue weighted by atomic mass is 79.9. The van der Waals surface area contributed by atoms with Crippen molar-refractivity contribution in [2.45, 2.75) is 18.9 Å². The van der Waals surface area contributed by atoms with Gasteiger partial charge in [-0.25, -0.2) is 9.18 Å². The van der Waals surface area contributed by atoms with Crippen LogP contribution in [0.3, 0.4) is 0 Å². The number of carbonyl (C=O) groups is 1. The van der Waals surface area contributed by atoms with Gasteiger partial charge in [0.1, 0.15) is 23.1 Å². The molecule has 4 rings (SSSR count). The van der Waals surface area contributed by atoms with E-state index in [1.807, 2.05) is 24.3 Å². The Balaban J connectivity index is 1.59. The number of hydrogen-bond donors (Lipinski definition) is 1. The Morgan fingerprint density at radius 1 is 1.18 bits per heavy atom. The van der Waals surface area contributed by atoms with E-state index in [2.05, 4.69) is 22.0 Å². The van der Waals surface area contributed by atoms with Crippen LogP contribution in [0.15, 0.2) is 82.7 Å². The van der Waals surface area contributed by atoms with Crippen LogP contribution in [-0.4, -0.2) is 12.1 Å². The second-order valence-corrected chi connectivity index (χ2v) is 8.21. The third kappa shape index (κ3) is 4.69. The van der Waals surface area contributed by atoms with Gasteiger partial charge >= 0.3 is 5.97 Å². The SMILES string of the molecule is CC(Oc1ccccc1F)C(=O)Oc1ccc2c(c1)OC(N)=C(C#N)C2c1cccc(Br)c1. The zero-order valence-electron chi connectivity index (χ0n) is 17.4. The van der Waals surface area contributed by atoms with Gasteiger partial charge in [0.25, 0.3) is 0 Å².